The Bertz CT molecular complexity index is 203. The first kappa shape index (κ1) is 14.0. The first-order valence-corrected chi connectivity index (χ1v) is 4.02. The topological polar surface area (TPSA) is 0 Å². The zero-order valence-electron chi connectivity index (χ0n) is 6.51. The fourth-order valence-corrected chi connectivity index (χ4v) is 1.25. The van der Waals surface area contributed by atoms with Crippen molar-refractivity contribution < 1.29 is 12.4 Å². The molecule has 1 aromatic rings. The minimum absolute atomic E-state index is 0. The molecule has 0 amide bonds. The summed E-state index contributed by atoms with van der Waals surface area (Å²) in [4.78, 5) is 1.26. The Morgan fingerprint density at radius 2 is 1.82 bits per heavy atom. The largest absolute Gasteiger partial charge is 2.00 e. The van der Waals surface area contributed by atoms with Gasteiger partial charge in [0.15, 0.2) is 0 Å². The van der Waals surface area contributed by atoms with E-state index < -0.39 is 0 Å². The molecular weight excluding hydrogens is 188 g/mol. The summed E-state index contributed by atoms with van der Waals surface area (Å²) in [6.07, 6.45) is 2.06. The van der Waals surface area contributed by atoms with Crippen molar-refractivity contribution in [1.29, 1.82) is 0 Å². The molecule has 0 spiro atoms. The molecule has 0 aliphatic heterocycles. The van der Waals surface area contributed by atoms with Gasteiger partial charge in [-0.1, -0.05) is 11.0 Å². The predicted octanol–water partition coefficient (Wildman–Crippen LogP) is -0.786. The summed E-state index contributed by atoms with van der Waals surface area (Å²) >= 11 is 1.73. The molecule has 0 aliphatic rings. The molecule has 0 saturated carbocycles. The van der Waals surface area contributed by atoms with Crippen LogP contribution < -0.4 is 12.4 Å². The fraction of sp³-hybridized carbons (Fsp3) is 0.125. The fourth-order valence-electron chi connectivity index (χ4n) is 0.703. The van der Waals surface area contributed by atoms with Crippen LogP contribution in [-0.2, 0) is 0 Å². The number of benzene rings is 1. The van der Waals surface area contributed by atoms with E-state index in [9.17, 15) is 0 Å². The maximum Gasteiger partial charge on any atom is 2.00 e. The van der Waals surface area contributed by atoms with Gasteiger partial charge in [0.25, 0.3) is 0 Å². The summed E-state index contributed by atoms with van der Waals surface area (Å²) in [5.74, 6) is 0. The van der Waals surface area contributed by atoms with Crippen LogP contribution in [0.2, 0.25) is 0 Å². The second-order valence-electron chi connectivity index (χ2n) is 1.81. The Morgan fingerprint density at radius 3 is 2.18 bits per heavy atom. The summed E-state index contributed by atoms with van der Waals surface area (Å²) in [5, 5.41) is 0. The molecular formula is C8H9ClMgS. The van der Waals surface area contributed by atoms with E-state index in [0.29, 0.717) is 0 Å². The second kappa shape index (κ2) is 7.16. The van der Waals surface area contributed by atoms with Crippen LogP contribution in [0.5, 0.6) is 0 Å². The summed E-state index contributed by atoms with van der Waals surface area (Å²) in [7, 11) is 0. The third-order valence-electron chi connectivity index (χ3n) is 1.19. The number of hydrogen-bond donors (Lipinski definition) is 0. The molecule has 0 saturated heterocycles. The average Bonchev–Trinajstić information content (AvgIpc) is 1.89. The first-order valence-electron chi connectivity index (χ1n) is 2.79. The molecule has 0 radical (unpaired) electrons. The van der Waals surface area contributed by atoms with Crippen molar-refractivity contribution in [3.63, 3.8) is 0 Å². The maximum absolute atomic E-state index is 3.87. The smallest absolute Gasteiger partial charge is 1.00 e. The van der Waals surface area contributed by atoms with Crippen LogP contribution in [-0.4, -0.2) is 29.3 Å². The molecule has 56 valence electrons. The molecule has 1 aromatic carbocycles. The van der Waals surface area contributed by atoms with Crippen molar-refractivity contribution >= 4 is 34.8 Å². The van der Waals surface area contributed by atoms with E-state index in [0.717, 1.165) is 5.56 Å². The van der Waals surface area contributed by atoms with Gasteiger partial charge in [0, 0.05) is 0 Å². The normalized spacial score (nSPS) is 7.73. The van der Waals surface area contributed by atoms with Crippen molar-refractivity contribution in [2.45, 2.75) is 4.90 Å². The molecule has 0 unspecified atom stereocenters. The molecule has 1 rings (SSSR count). The first-order chi connectivity index (χ1) is 4.34. The minimum Gasteiger partial charge on any atom is -1.00 e. The summed E-state index contributed by atoms with van der Waals surface area (Å²) in [6.45, 7) is 3.87. The Kier molecular flexibility index (Phi) is 9.14. The van der Waals surface area contributed by atoms with Gasteiger partial charge in [0.1, 0.15) is 0 Å². The van der Waals surface area contributed by atoms with Gasteiger partial charge in [-0.05, 0) is 6.26 Å². The average molecular weight is 197 g/mol. The number of rotatable bonds is 1. The van der Waals surface area contributed by atoms with Gasteiger partial charge in [-0.3, -0.25) is 0 Å². The van der Waals surface area contributed by atoms with Crippen LogP contribution >= 0.6 is 11.8 Å². The van der Waals surface area contributed by atoms with E-state index in [1.54, 1.807) is 11.8 Å². The van der Waals surface area contributed by atoms with Gasteiger partial charge in [0.05, 0.1) is 0 Å². The van der Waals surface area contributed by atoms with Gasteiger partial charge < -0.3 is 12.4 Å². The Morgan fingerprint density at radius 1 is 1.27 bits per heavy atom. The van der Waals surface area contributed by atoms with Crippen LogP contribution in [0.4, 0.5) is 0 Å². The van der Waals surface area contributed by atoms with E-state index in [1.165, 1.54) is 4.90 Å². The van der Waals surface area contributed by atoms with Crippen LogP contribution in [0.25, 0.3) is 0 Å². The van der Waals surface area contributed by atoms with Crippen LogP contribution in [0.1, 0.15) is 5.56 Å². The molecule has 0 atom stereocenters. The molecule has 0 aromatic heterocycles. The Labute approximate surface area is 94.7 Å². The van der Waals surface area contributed by atoms with Gasteiger partial charge in [0.2, 0.25) is 0 Å². The molecule has 0 aliphatic carbocycles. The van der Waals surface area contributed by atoms with Crippen molar-refractivity contribution in [2.24, 2.45) is 0 Å². The molecule has 3 heteroatoms. The standard InChI is InChI=1S/C8H9S.ClH.Mg/c1-7-5-3-4-6-8(7)9-2;;/h3-6H,1H2,2H3;1H;/q-1;;+2/p-1. The van der Waals surface area contributed by atoms with Crippen molar-refractivity contribution in [1.82, 2.24) is 0 Å². The molecule has 0 fully saturated rings. The minimum atomic E-state index is 0. The summed E-state index contributed by atoms with van der Waals surface area (Å²) in [5.41, 5.74) is 1.12. The monoisotopic (exact) mass is 196 g/mol. The van der Waals surface area contributed by atoms with Crippen LogP contribution in [0.3, 0.4) is 0 Å². The second-order valence-corrected chi connectivity index (χ2v) is 2.66. The third kappa shape index (κ3) is 4.16. The van der Waals surface area contributed by atoms with Gasteiger partial charge >= 0.3 is 23.1 Å². The van der Waals surface area contributed by atoms with E-state index >= 15 is 0 Å². The maximum atomic E-state index is 3.87. The van der Waals surface area contributed by atoms with Crippen LogP contribution in [0, 0.1) is 6.92 Å². The zero-order valence-corrected chi connectivity index (χ0v) is 9.50. The van der Waals surface area contributed by atoms with Gasteiger partial charge in [-0.25, -0.2) is 0 Å². The number of halogens is 1. The molecule has 0 bridgehead atoms. The van der Waals surface area contributed by atoms with E-state index in [-0.39, 0.29) is 35.5 Å². The van der Waals surface area contributed by atoms with Gasteiger partial charge in [-0.15, -0.1) is 12.1 Å². The zero-order chi connectivity index (χ0) is 6.69. The number of thioether (sulfide) groups is 1. The summed E-state index contributed by atoms with van der Waals surface area (Å²) in [6, 6.07) is 8.13. The van der Waals surface area contributed by atoms with Crippen molar-refractivity contribution in [3.8, 4) is 0 Å². The third-order valence-corrected chi connectivity index (χ3v) is 2.03. The molecule has 0 nitrogen and oxygen atoms in total. The van der Waals surface area contributed by atoms with E-state index in [1.807, 2.05) is 18.2 Å². The van der Waals surface area contributed by atoms with Gasteiger partial charge in [-0.2, -0.15) is 30.3 Å². The predicted molar refractivity (Wildman–Crippen MR) is 48.4 cm³/mol. The quantitative estimate of drug-likeness (QED) is 0.323. The molecule has 11 heavy (non-hydrogen) atoms. The number of hydrogen-bond acceptors (Lipinski definition) is 1. The van der Waals surface area contributed by atoms with E-state index in [4.69, 9.17) is 0 Å². The summed E-state index contributed by atoms with van der Waals surface area (Å²) < 4.78 is 0. The molecule has 0 N–H and O–H groups in total. The SMILES string of the molecule is [CH2-]c1ccccc1SC.[Cl-].[Mg+2]. The van der Waals surface area contributed by atoms with Crippen molar-refractivity contribution in [2.75, 3.05) is 6.26 Å². The Balaban J connectivity index is 0. The van der Waals surface area contributed by atoms with E-state index in [2.05, 4.69) is 19.2 Å². The Hall–Kier alpha value is 0.496. The molecule has 0 heterocycles. The van der Waals surface area contributed by atoms with Crippen LogP contribution in [0.15, 0.2) is 29.2 Å². The van der Waals surface area contributed by atoms with Crippen molar-refractivity contribution in [3.05, 3.63) is 36.8 Å².